The standard InChI is InChI=1S/C12H13BrN2OS/c1-3-15(2)12(16)11-10(14)8-6-7(13)4-5-9(8)17-11/h4-6H,3,14H2,1-2H3. The first kappa shape index (κ1) is 12.4. The van der Waals surface area contributed by atoms with E-state index in [1.54, 1.807) is 11.9 Å². The molecule has 0 aliphatic rings. The maximum Gasteiger partial charge on any atom is 0.265 e. The van der Waals surface area contributed by atoms with Gasteiger partial charge in [0.05, 0.1) is 5.69 Å². The monoisotopic (exact) mass is 312 g/mol. The van der Waals surface area contributed by atoms with Gasteiger partial charge in [-0.2, -0.15) is 0 Å². The highest BCUT2D eigenvalue weighted by Gasteiger charge is 2.18. The van der Waals surface area contributed by atoms with E-state index in [0.717, 1.165) is 14.6 Å². The van der Waals surface area contributed by atoms with E-state index in [4.69, 9.17) is 5.73 Å². The molecule has 0 aliphatic heterocycles. The Morgan fingerprint density at radius 2 is 2.24 bits per heavy atom. The van der Waals surface area contributed by atoms with Crippen LogP contribution < -0.4 is 5.73 Å². The van der Waals surface area contributed by atoms with Crippen molar-refractivity contribution in [2.24, 2.45) is 0 Å². The molecule has 0 atom stereocenters. The SMILES string of the molecule is CCN(C)C(=O)c1sc2ccc(Br)cc2c1N. The van der Waals surface area contributed by atoms with Gasteiger partial charge in [0.25, 0.3) is 5.91 Å². The van der Waals surface area contributed by atoms with Crippen molar-refractivity contribution in [3.63, 3.8) is 0 Å². The van der Waals surface area contributed by atoms with E-state index >= 15 is 0 Å². The number of amides is 1. The highest BCUT2D eigenvalue weighted by molar-refractivity contribution is 9.10. The van der Waals surface area contributed by atoms with Gasteiger partial charge in [0, 0.05) is 28.2 Å². The zero-order valence-corrected chi connectivity index (χ0v) is 12.1. The van der Waals surface area contributed by atoms with Crippen molar-refractivity contribution in [2.45, 2.75) is 6.92 Å². The second kappa shape index (κ2) is 4.66. The summed E-state index contributed by atoms with van der Waals surface area (Å²) in [6.45, 7) is 2.62. The lowest BCUT2D eigenvalue weighted by molar-refractivity contribution is 0.0808. The Morgan fingerprint density at radius 1 is 1.53 bits per heavy atom. The lowest BCUT2D eigenvalue weighted by Gasteiger charge is -2.13. The number of halogens is 1. The molecule has 1 aromatic heterocycles. The van der Waals surface area contributed by atoms with Crippen molar-refractivity contribution >= 4 is 48.9 Å². The summed E-state index contributed by atoms with van der Waals surface area (Å²) in [4.78, 5) is 14.4. The quantitative estimate of drug-likeness (QED) is 0.924. The van der Waals surface area contributed by atoms with Gasteiger partial charge in [0.2, 0.25) is 0 Å². The molecule has 1 amide bonds. The molecule has 0 radical (unpaired) electrons. The number of nitrogen functional groups attached to an aromatic ring is 1. The van der Waals surface area contributed by atoms with Crippen LogP contribution in [-0.2, 0) is 0 Å². The Bertz CT molecular complexity index is 579. The summed E-state index contributed by atoms with van der Waals surface area (Å²) in [5.41, 5.74) is 6.62. The number of anilines is 1. The number of benzene rings is 1. The number of rotatable bonds is 2. The van der Waals surface area contributed by atoms with Crippen LogP contribution in [0.3, 0.4) is 0 Å². The third-order valence-corrected chi connectivity index (χ3v) is 4.37. The predicted octanol–water partition coefficient (Wildman–Crippen LogP) is 3.34. The molecule has 90 valence electrons. The second-order valence-corrected chi connectivity index (χ2v) is 5.77. The third kappa shape index (κ3) is 2.17. The molecule has 5 heteroatoms. The summed E-state index contributed by atoms with van der Waals surface area (Å²) in [7, 11) is 1.78. The minimum absolute atomic E-state index is 0.0117. The van der Waals surface area contributed by atoms with Crippen LogP contribution in [0.4, 0.5) is 5.69 Å². The topological polar surface area (TPSA) is 46.3 Å². The maximum atomic E-state index is 12.1. The van der Waals surface area contributed by atoms with E-state index < -0.39 is 0 Å². The molecule has 3 nitrogen and oxygen atoms in total. The average molecular weight is 313 g/mol. The molecule has 0 unspecified atom stereocenters. The van der Waals surface area contributed by atoms with E-state index in [9.17, 15) is 4.79 Å². The van der Waals surface area contributed by atoms with Gasteiger partial charge in [-0.1, -0.05) is 15.9 Å². The van der Waals surface area contributed by atoms with Gasteiger partial charge >= 0.3 is 0 Å². The summed E-state index contributed by atoms with van der Waals surface area (Å²) in [6, 6.07) is 5.88. The van der Waals surface area contributed by atoms with E-state index in [2.05, 4.69) is 15.9 Å². The van der Waals surface area contributed by atoms with Crippen LogP contribution in [0.25, 0.3) is 10.1 Å². The van der Waals surface area contributed by atoms with Crippen LogP contribution in [0.2, 0.25) is 0 Å². The molecule has 1 heterocycles. The van der Waals surface area contributed by atoms with Crippen LogP contribution in [-0.4, -0.2) is 24.4 Å². The first-order valence-electron chi connectivity index (χ1n) is 5.27. The van der Waals surface area contributed by atoms with Crippen molar-refractivity contribution in [3.05, 3.63) is 27.5 Å². The van der Waals surface area contributed by atoms with Crippen molar-refractivity contribution in [2.75, 3.05) is 19.3 Å². The number of carbonyl (C=O) groups excluding carboxylic acids is 1. The third-order valence-electron chi connectivity index (χ3n) is 2.70. The fourth-order valence-corrected chi connectivity index (χ4v) is 3.02. The molecule has 2 rings (SSSR count). The summed E-state index contributed by atoms with van der Waals surface area (Å²) in [5, 5.41) is 0.942. The average Bonchev–Trinajstić information content (AvgIpc) is 2.65. The number of hydrogen-bond acceptors (Lipinski definition) is 3. The molecule has 2 aromatic rings. The van der Waals surface area contributed by atoms with Crippen molar-refractivity contribution in [1.29, 1.82) is 0 Å². The van der Waals surface area contributed by atoms with E-state index in [1.807, 2.05) is 25.1 Å². The number of fused-ring (bicyclic) bond motifs is 1. The zero-order chi connectivity index (χ0) is 12.6. The molecular formula is C12H13BrN2OS. The normalized spacial score (nSPS) is 10.8. The van der Waals surface area contributed by atoms with Gasteiger partial charge < -0.3 is 10.6 Å². The summed E-state index contributed by atoms with van der Waals surface area (Å²) < 4.78 is 2.01. The first-order chi connectivity index (χ1) is 8.04. The largest absolute Gasteiger partial charge is 0.397 e. The molecule has 0 fully saturated rings. The fourth-order valence-electron chi connectivity index (χ4n) is 1.56. The molecule has 0 saturated heterocycles. The van der Waals surface area contributed by atoms with Gasteiger partial charge in [-0.15, -0.1) is 11.3 Å². The maximum absolute atomic E-state index is 12.1. The Balaban J connectivity index is 2.56. The minimum Gasteiger partial charge on any atom is -0.397 e. The van der Waals surface area contributed by atoms with E-state index in [1.165, 1.54) is 11.3 Å². The molecule has 0 saturated carbocycles. The molecule has 1 aromatic carbocycles. The lowest BCUT2D eigenvalue weighted by Crippen LogP contribution is -2.25. The van der Waals surface area contributed by atoms with Crippen LogP contribution in [0.15, 0.2) is 22.7 Å². The highest BCUT2D eigenvalue weighted by Crippen LogP contribution is 2.35. The van der Waals surface area contributed by atoms with Gasteiger partial charge in [0.15, 0.2) is 0 Å². The second-order valence-electron chi connectivity index (χ2n) is 3.80. The van der Waals surface area contributed by atoms with Gasteiger partial charge in [-0.05, 0) is 25.1 Å². The van der Waals surface area contributed by atoms with E-state index in [-0.39, 0.29) is 5.91 Å². The summed E-state index contributed by atoms with van der Waals surface area (Å²) >= 11 is 4.86. The van der Waals surface area contributed by atoms with Crippen molar-refractivity contribution < 1.29 is 4.79 Å². The number of nitrogens with zero attached hydrogens (tertiary/aromatic N) is 1. The summed E-state index contributed by atoms with van der Waals surface area (Å²) in [6.07, 6.45) is 0. The van der Waals surface area contributed by atoms with Crippen LogP contribution >= 0.6 is 27.3 Å². The van der Waals surface area contributed by atoms with Crippen LogP contribution in [0, 0.1) is 0 Å². The Labute approximate surface area is 112 Å². The molecule has 0 bridgehead atoms. The van der Waals surface area contributed by atoms with Crippen molar-refractivity contribution in [1.82, 2.24) is 4.90 Å². The van der Waals surface area contributed by atoms with Crippen LogP contribution in [0.5, 0.6) is 0 Å². The molecule has 17 heavy (non-hydrogen) atoms. The number of hydrogen-bond donors (Lipinski definition) is 1. The Kier molecular flexibility index (Phi) is 3.40. The Morgan fingerprint density at radius 3 is 2.88 bits per heavy atom. The smallest absolute Gasteiger partial charge is 0.265 e. The molecule has 2 N–H and O–H groups in total. The molecular weight excluding hydrogens is 300 g/mol. The minimum atomic E-state index is -0.0117. The first-order valence-corrected chi connectivity index (χ1v) is 6.88. The Hall–Kier alpha value is -1.07. The van der Waals surface area contributed by atoms with Gasteiger partial charge in [0.1, 0.15) is 4.88 Å². The lowest BCUT2D eigenvalue weighted by atomic mass is 10.2. The number of nitrogens with two attached hydrogens (primary N) is 1. The molecule has 0 spiro atoms. The van der Waals surface area contributed by atoms with Crippen molar-refractivity contribution in [3.8, 4) is 0 Å². The zero-order valence-electron chi connectivity index (χ0n) is 9.66. The van der Waals surface area contributed by atoms with Gasteiger partial charge in [-0.25, -0.2) is 0 Å². The number of carbonyl (C=O) groups is 1. The highest BCUT2D eigenvalue weighted by atomic mass is 79.9. The molecule has 0 aliphatic carbocycles. The fraction of sp³-hybridized carbons (Fsp3) is 0.250. The predicted molar refractivity (Wildman–Crippen MR) is 76.6 cm³/mol. The number of thiophene rings is 1. The van der Waals surface area contributed by atoms with E-state index in [0.29, 0.717) is 17.1 Å². The summed E-state index contributed by atoms with van der Waals surface area (Å²) in [5.74, 6) is -0.0117. The van der Waals surface area contributed by atoms with Gasteiger partial charge in [-0.3, -0.25) is 4.79 Å². The van der Waals surface area contributed by atoms with Crippen LogP contribution in [0.1, 0.15) is 16.6 Å².